The summed E-state index contributed by atoms with van der Waals surface area (Å²) in [7, 11) is 3.12. The minimum atomic E-state index is -0.434. The van der Waals surface area contributed by atoms with Crippen LogP contribution in [-0.4, -0.2) is 38.8 Å². The summed E-state index contributed by atoms with van der Waals surface area (Å²) in [6.07, 6.45) is 1.69. The number of hydrogen-bond donors (Lipinski definition) is 1. The Morgan fingerprint density at radius 3 is 2.54 bits per heavy atom. The molecule has 1 atom stereocenters. The average Bonchev–Trinajstić information content (AvgIpc) is 3.10. The molecule has 1 unspecified atom stereocenters. The number of methoxy groups -OCH3 is 2. The third-order valence-electron chi connectivity index (χ3n) is 4.64. The number of benzene rings is 2. The highest BCUT2D eigenvalue weighted by Gasteiger charge is 2.35. The molecule has 1 heterocycles. The molecule has 146 valence electrons. The van der Waals surface area contributed by atoms with Crippen LogP contribution in [0.5, 0.6) is 11.5 Å². The van der Waals surface area contributed by atoms with E-state index in [4.69, 9.17) is 9.47 Å². The van der Waals surface area contributed by atoms with Crippen LogP contribution in [0.25, 0.3) is 0 Å². The van der Waals surface area contributed by atoms with Crippen LogP contribution in [-0.2, 0) is 9.59 Å². The van der Waals surface area contributed by atoms with Gasteiger partial charge in [0, 0.05) is 18.7 Å². The molecule has 0 aliphatic carbocycles. The third kappa shape index (κ3) is 4.31. The normalized spacial score (nSPS) is 16.5. The third-order valence-corrected chi connectivity index (χ3v) is 4.64. The number of carbonyl (C=O) groups is 2. The fourth-order valence-electron chi connectivity index (χ4n) is 3.05. The van der Waals surface area contributed by atoms with Gasteiger partial charge in [-0.3, -0.25) is 9.59 Å². The van der Waals surface area contributed by atoms with Crippen molar-refractivity contribution in [3.63, 3.8) is 0 Å². The number of anilines is 1. The molecule has 7 nitrogen and oxygen atoms in total. The van der Waals surface area contributed by atoms with Gasteiger partial charge in [-0.05, 0) is 42.8 Å². The number of nitrogens with zero attached hydrogens (tertiary/aromatic N) is 2. The first kappa shape index (κ1) is 19.4. The predicted molar refractivity (Wildman–Crippen MR) is 107 cm³/mol. The largest absolute Gasteiger partial charge is 0.493 e. The fraction of sp³-hybridized carbons (Fsp3) is 0.286. The number of hydrogen-bond acceptors (Lipinski definition) is 5. The summed E-state index contributed by atoms with van der Waals surface area (Å²) in [4.78, 5) is 26.3. The lowest BCUT2D eigenvalue weighted by Crippen LogP contribution is -2.30. The summed E-state index contributed by atoms with van der Waals surface area (Å²) in [6.45, 7) is 2.34. The second-order valence-electron chi connectivity index (χ2n) is 6.59. The van der Waals surface area contributed by atoms with Crippen molar-refractivity contribution in [3.05, 3.63) is 53.6 Å². The first-order valence-electron chi connectivity index (χ1n) is 8.94. The van der Waals surface area contributed by atoms with E-state index >= 15 is 0 Å². The fourth-order valence-corrected chi connectivity index (χ4v) is 3.05. The molecule has 1 aliphatic heterocycles. The Bertz CT molecular complexity index is 893. The first-order chi connectivity index (χ1) is 13.5. The van der Waals surface area contributed by atoms with Gasteiger partial charge in [0.1, 0.15) is 0 Å². The minimum Gasteiger partial charge on any atom is -0.493 e. The summed E-state index contributed by atoms with van der Waals surface area (Å²) < 4.78 is 10.4. The van der Waals surface area contributed by atoms with Crippen molar-refractivity contribution < 1.29 is 19.1 Å². The predicted octanol–water partition coefficient (Wildman–Crippen LogP) is 2.52. The van der Waals surface area contributed by atoms with Gasteiger partial charge in [0.25, 0.3) is 0 Å². The van der Waals surface area contributed by atoms with Crippen LogP contribution < -0.4 is 19.8 Å². The van der Waals surface area contributed by atoms with Gasteiger partial charge in [0.2, 0.25) is 11.8 Å². The van der Waals surface area contributed by atoms with Gasteiger partial charge >= 0.3 is 0 Å². The van der Waals surface area contributed by atoms with Crippen molar-refractivity contribution in [3.8, 4) is 11.5 Å². The molecule has 3 rings (SSSR count). The van der Waals surface area contributed by atoms with Crippen LogP contribution in [0, 0.1) is 12.8 Å². The summed E-state index contributed by atoms with van der Waals surface area (Å²) in [5.41, 5.74) is 5.20. The second kappa shape index (κ2) is 8.56. The van der Waals surface area contributed by atoms with Crippen LogP contribution >= 0.6 is 0 Å². The van der Waals surface area contributed by atoms with E-state index in [0.29, 0.717) is 18.0 Å². The standard InChI is InChI=1S/C21H23N3O4/c1-14-4-7-17(8-5-14)24-13-16(11-20(24)25)21(26)23-22-12-15-6-9-18(27-2)19(10-15)28-3/h4-10,12,16H,11,13H2,1-3H3,(H,23,26)/b22-12+. The summed E-state index contributed by atoms with van der Waals surface area (Å²) >= 11 is 0. The molecule has 1 N–H and O–H groups in total. The number of amides is 2. The number of ether oxygens (including phenoxy) is 2. The van der Waals surface area contributed by atoms with Crippen molar-refractivity contribution in [2.45, 2.75) is 13.3 Å². The molecule has 0 spiro atoms. The Hall–Kier alpha value is -3.35. The van der Waals surface area contributed by atoms with Crippen LogP contribution in [0.3, 0.4) is 0 Å². The first-order valence-corrected chi connectivity index (χ1v) is 8.94. The maximum atomic E-state index is 12.4. The lowest BCUT2D eigenvalue weighted by Gasteiger charge is -2.16. The van der Waals surface area contributed by atoms with E-state index in [9.17, 15) is 9.59 Å². The maximum absolute atomic E-state index is 12.4. The monoisotopic (exact) mass is 381 g/mol. The van der Waals surface area contributed by atoms with E-state index in [-0.39, 0.29) is 18.2 Å². The van der Waals surface area contributed by atoms with E-state index in [1.807, 2.05) is 31.2 Å². The molecule has 2 amide bonds. The van der Waals surface area contributed by atoms with Gasteiger partial charge in [0.05, 0.1) is 26.4 Å². The van der Waals surface area contributed by atoms with E-state index in [1.54, 1.807) is 37.3 Å². The lowest BCUT2D eigenvalue weighted by molar-refractivity contribution is -0.126. The van der Waals surface area contributed by atoms with Gasteiger partial charge in [-0.15, -0.1) is 0 Å². The van der Waals surface area contributed by atoms with Crippen LogP contribution in [0.1, 0.15) is 17.5 Å². The van der Waals surface area contributed by atoms with E-state index in [2.05, 4.69) is 10.5 Å². The number of aryl methyl sites for hydroxylation is 1. The topological polar surface area (TPSA) is 80.2 Å². The molecular formula is C21H23N3O4. The Labute approximate surface area is 163 Å². The zero-order chi connectivity index (χ0) is 20.1. The number of carbonyl (C=O) groups excluding carboxylic acids is 2. The van der Waals surface area contributed by atoms with Crippen molar-refractivity contribution in [1.82, 2.24) is 5.43 Å². The number of nitrogens with one attached hydrogen (secondary N) is 1. The molecule has 2 aromatic rings. The van der Waals surface area contributed by atoms with E-state index in [0.717, 1.165) is 16.8 Å². The lowest BCUT2D eigenvalue weighted by atomic mass is 10.1. The number of rotatable bonds is 6. The molecule has 0 radical (unpaired) electrons. The highest BCUT2D eigenvalue weighted by molar-refractivity contribution is 6.00. The summed E-state index contributed by atoms with van der Waals surface area (Å²) in [5.74, 6) is 0.418. The second-order valence-corrected chi connectivity index (χ2v) is 6.59. The van der Waals surface area contributed by atoms with Crippen molar-refractivity contribution in [2.75, 3.05) is 25.7 Å². The Morgan fingerprint density at radius 1 is 1.14 bits per heavy atom. The minimum absolute atomic E-state index is 0.0622. The van der Waals surface area contributed by atoms with Crippen LogP contribution in [0.4, 0.5) is 5.69 Å². The SMILES string of the molecule is COc1ccc(/C=N/NC(=O)C2CC(=O)N(c3ccc(C)cc3)C2)cc1OC. The average molecular weight is 381 g/mol. The molecule has 7 heteroatoms. The zero-order valence-corrected chi connectivity index (χ0v) is 16.1. The van der Waals surface area contributed by atoms with E-state index < -0.39 is 5.92 Å². The van der Waals surface area contributed by atoms with Crippen LogP contribution in [0.15, 0.2) is 47.6 Å². The molecule has 28 heavy (non-hydrogen) atoms. The Balaban J connectivity index is 1.60. The highest BCUT2D eigenvalue weighted by Crippen LogP contribution is 2.27. The smallest absolute Gasteiger partial charge is 0.245 e. The van der Waals surface area contributed by atoms with E-state index in [1.165, 1.54) is 6.21 Å². The molecule has 0 aromatic heterocycles. The molecule has 1 fully saturated rings. The molecule has 0 bridgehead atoms. The molecular weight excluding hydrogens is 358 g/mol. The van der Waals surface area contributed by atoms with Crippen LogP contribution in [0.2, 0.25) is 0 Å². The van der Waals surface area contributed by atoms with Gasteiger partial charge in [-0.25, -0.2) is 5.43 Å². The Morgan fingerprint density at radius 2 is 1.86 bits per heavy atom. The molecule has 1 saturated heterocycles. The quantitative estimate of drug-likeness (QED) is 0.616. The highest BCUT2D eigenvalue weighted by atomic mass is 16.5. The zero-order valence-electron chi connectivity index (χ0n) is 16.1. The maximum Gasteiger partial charge on any atom is 0.245 e. The summed E-state index contributed by atoms with van der Waals surface area (Å²) in [6, 6.07) is 13.0. The molecule has 0 saturated carbocycles. The molecule has 1 aliphatic rings. The van der Waals surface area contributed by atoms with Crippen molar-refractivity contribution >= 4 is 23.7 Å². The Kier molecular flexibility index (Phi) is 5.93. The van der Waals surface area contributed by atoms with Gasteiger partial charge in [-0.2, -0.15) is 5.10 Å². The van der Waals surface area contributed by atoms with Crippen molar-refractivity contribution in [1.29, 1.82) is 0 Å². The van der Waals surface area contributed by atoms with Gasteiger partial charge in [0.15, 0.2) is 11.5 Å². The van der Waals surface area contributed by atoms with Gasteiger partial charge in [-0.1, -0.05) is 17.7 Å². The molecule has 2 aromatic carbocycles. The van der Waals surface area contributed by atoms with Crippen molar-refractivity contribution in [2.24, 2.45) is 11.0 Å². The van der Waals surface area contributed by atoms with Gasteiger partial charge < -0.3 is 14.4 Å². The number of hydrazone groups is 1. The summed E-state index contributed by atoms with van der Waals surface area (Å²) in [5, 5.41) is 4.00.